The second-order valence-corrected chi connectivity index (χ2v) is 4.17. The van der Waals surface area contributed by atoms with Gasteiger partial charge in [-0.2, -0.15) is 0 Å². The first kappa shape index (κ1) is 11.3. The van der Waals surface area contributed by atoms with E-state index in [1.54, 1.807) is 0 Å². The van der Waals surface area contributed by atoms with Crippen LogP contribution >= 0.6 is 0 Å². The number of hydrogen-bond donors (Lipinski definition) is 2. The molecule has 0 saturated carbocycles. The molecule has 1 aliphatic heterocycles. The summed E-state index contributed by atoms with van der Waals surface area (Å²) in [4.78, 5) is 12.1. The minimum Gasteiger partial charge on any atom is -0.465 e. The van der Waals surface area contributed by atoms with Crippen LogP contribution in [-0.4, -0.2) is 52.6 Å². The molecule has 2 N–H and O–H groups in total. The lowest BCUT2D eigenvalue weighted by Crippen LogP contribution is -2.54. The molecule has 5 nitrogen and oxygen atoms in total. The quantitative estimate of drug-likeness (QED) is 0.686. The minimum atomic E-state index is -0.927. The summed E-state index contributed by atoms with van der Waals surface area (Å²) in [7, 11) is 0. The summed E-state index contributed by atoms with van der Waals surface area (Å²) < 4.78 is 5.63. The molecule has 0 aromatic carbocycles. The molecule has 1 amide bonds. The molecule has 0 aromatic heterocycles. The predicted octanol–water partition coefficient (Wildman–Crippen LogP) is 0.526. The Morgan fingerprint density at radius 3 is 2.79 bits per heavy atom. The maximum atomic E-state index is 10.8. The Bertz CT molecular complexity index is 217. The number of amides is 1. The van der Waals surface area contributed by atoms with Gasteiger partial charge < -0.3 is 19.8 Å². The molecule has 82 valence electrons. The monoisotopic (exact) mass is 203 g/mol. The molecule has 1 aliphatic rings. The number of morpholine rings is 1. The average molecular weight is 203 g/mol. The third-order valence-corrected chi connectivity index (χ3v) is 2.20. The van der Waals surface area contributed by atoms with Crippen LogP contribution in [0.4, 0.5) is 4.79 Å². The van der Waals surface area contributed by atoms with E-state index >= 15 is 0 Å². The first-order valence-electron chi connectivity index (χ1n) is 4.71. The number of carboxylic acid groups (broad SMARTS) is 1. The highest BCUT2D eigenvalue weighted by Gasteiger charge is 2.35. The van der Waals surface area contributed by atoms with Gasteiger partial charge in [0.1, 0.15) is 0 Å². The van der Waals surface area contributed by atoms with Gasteiger partial charge in [-0.1, -0.05) is 0 Å². The molecule has 0 unspecified atom stereocenters. The van der Waals surface area contributed by atoms with Crippen molar-refractivity contribution in [2.75, 3.05) is 19.7 Å². The summed E-state index contributed by atoms with van der Waals surface area (Å²) in [5.41, 5.74) is -0.462. The van der Waals surface area contributed by atoms with E-state index in [0.29, 0.717) is 19.5 Å². The van der Waals surface area contributed by atoms with Crippen LogP contribution in [0.2, 0.25) is 0 Å². The van der Waals surface area contributed by atoms with Crippen molar-refractivity contribution in [1.29, 1.82) is 0 Å². The standard InChI is InChI=1S/C9H17NO4/c1-9(2)6-10(8(12)13)5-7(14-9)3-4-11/h7,11H,3-6H2,1-2H3,(H,12,13)/t7-/m0/s1. The van der Waals surface area contributed by atoms with Gasteiger partial charge in [0, 0.05) is 6.61 Å². The Morgan fingerprint density at radius 1 is 1.64 bits per heavy atom. The summed E-state index contributed by atoms with van der Waals surface area (Å²) in [5.74, 6) is 0. The maximum Gasteiger partial charge on any atom is 0.407 e. The van der Waals surface area contributed by atoms with Crippen LogP contribution in [0.15, 0.2) is 0 Å². The molecule has 0 aromatic rings. The SMILES string of the molecule is CC1(C)CN(C(=O)O)C[C@H](CCO)O1. The molecule has 0 bridgehead atoms. The van der Waals surface area contributed by atoms with E-state index in [1.165, 1.54) is 4.90 Å². The second-order valence-electron chi connectivity index (χ2n) is 4.17. The zero-order chi connectivity index (χ0) is 10.8. The van der Waals surface area contributed by atoms with E-state index in [-0.39, 0.29) is 12.7 Å². The molecule has 1 heterocycles. The fourth-order valence-electron chi connectivity index (χ4n) is 1.74. The molecule has 1 saturated heterocycles. The summed E-state index contributed by atoms with van der Waals surface area (Å²) >= 11 is 0. The Labute approximate surface area is 83.3 Å². The Morgan fingerprint density at radius 2 is 2.29 bits per heavy atom. The van der Waals surface area contributed by atoms with Crippen molar-refractivity contribution >= 4 is 6.09 Å². The highest BCUT2D eigenvalue weighted by Crippen LogP contribution is 2.22. The van der Waals surface area contributed by atoms with Crippen molar-refractivity contribution in [3.05, 3.63) is 0 Å². The van der Waals surface area contributed by atoms with Gasteiger partial charge in [-0.15, -0.1) is 0 Å². The third-order valence-electron chi connectivity index (χ3n) is 2.20. The lowest BCUT2D eigenvalue weighted by atomic mass is 10.0. The normalized spacial score (nSPS) is 26.2. The van der Waals surface area contributed by atoms with Crippen LogP contribution < -0.4 is 0 Å². The van der Waals surface area contributed by atoms with Crippen molar-refractivity contribution < 1.29 is 19.7 Å². The second kappa shape index (κ2) is 4.14. The molecule has 1 fully saturated rings. The highest BCUT2D eigenvalue weighted by atomic mass is 16.5. The Balaban J connectivity index is 2.62. The third kappa shape index (κ3) is 2.85. The molecule has 1 atom stereocenters. The summed E-state index contributed by atoms with van der Waals surface area (Å²) in [6.45, 7) is 4.46. The van der Waals surface area contributed by atoms with Crippen molar-refractivity contribution in [1.82, 2.24) is 4.90 Å². The fourth-order valence-corrected chi connectivity index (χ4v) is 1.74. The summed E-state index contributed by atoms with van der Waals surface area (Å²) in [6.07, 6.45) is -0.642. The van der Waals surface area contributed by atoms with Gasteiger partial charge in [0.15, 0.2) is 0 Å². The number of rotatable bonds is 2. The van der Waals surface area contributed by atoms with Crippen molar-refractivity contribution in [2.24, 2.45) is 0 Å². The van der Waals surface area contributed by atoms with Crippen LogP contribution in [0.1, 0.15) is 20.3 Å². The molecule has 0 radical (unpaired) electrons. The molecular weight excluding hydrogens is 186 g/mol. The number of ether oxygens (including phenoxy) is 1. The van der Waals surface area contributed by atoms with Crippen LogP contribution in [-0.2, 0) is 4.74 Å². The van der Waals surface area contributed by atoms with E-state index < -0.39 is 11.7 Å². The summed E-state index contributed by atoms with van der Waals surface area (Å²) in [5, 5.41) is 17.6. The molecule has 5 heteroatoms. The lowest BCUT2D eigenvalue weighted by Gasteiger charge is -2.41. The van der Waals surface area contributed by atoms with Crippen LogP contribution in [0.5, 0.6) is 0 Å². The first-order chi connectivity index (χ1) is 6.44. The van der Waals surface area contributed by atoms with E-state index in [9.17, 15) is 4.79 Å². The Kier molecular flexibility index (Phi) is 3.34. The minimum absolute atomic E-state index is 0.0220. The zero-order valence-electron chi connectivity index (χ0n) is 8.56. The van der Waals surface area contributed by atoms with Crippen molar-refractivity contribution in [2.45, 2.75) is 32.0 Å². The van der Waals surface area contributed by atoms with E-state index in [1.807, 2.05) is 13.8 Å². The maximum absolute atomic E-state index is 10.8. The molecule has 1 rings (SSSR count). The topological polar surface area (TPSA) is 70.0 Å². The van der Waals surface area contributed by atoms with Crippen molar-refractivity contribution in [3.8, 4) is 0 Å². The van der Waals surface area contributed by atoms with Gasteiger partial charge in [-0.05, 0) is 20.3 Å². The first-order valence-corrected chi connectivity index (χ1v) is 4.71. The van der Waals surface area contributed by atoms with E-state index in [4.69, 9.17) is 14.9 Å². The van der Waals surface area contributed by atoms with Crippen molar-refractivity contribution in [3.63, 3.8) is 0 Å². The summed E-state index contributed by atoms with van der Waals surface area (Å²) in [6, 6.07) is 0. The van der Waals surface area contributed by atoms with Crippen LogP contribution in [0, 0.1) is 0 Å². The smallest absolute Gasteiger partial charge is 0.407 e. The van der Waals surface area contributed by atoms with Gasteiger partial charge in [-0.3, -0.25) is 0 Å². The highest BCUT2D eigenvalue weighted by molar-refractivity contribution is 5.65. The Hall–Kier alpha value is -0.810. The number of carbonyl (C=O) groups is 1. The molecule has 0 spiro atoms. The molecule has 0 aliphatic carbocycles. The average Bonchev–Trinajstić information content (AvgIpc) is 2.01. The number of nitrogens with zero attached hydrogens (tertiary/aromatic N) is 1. The fraction of sp³-hybridized carbons (Fsp3) is 0.889. The largest absolute Gasteiger partial charge is 0.465 e. The predicted molar refractivity (Wildman–Crippen MR) is 50.3 cm³/mol. The van der Waals surface area contributed by atoms with Crippen LogP contribution in [0.3, 0.4) is 0 Å². The van der Waals surface area contributed by atoms with Gasteiger partial charge in [-0.25, -0.2) is 4.79 Å². The van der Waals surface area contributed by atoms with E-state index in [2.05, 4.69) is 0 Å². The number of aliphatic hydroxyl groups is 1. The number of hydrogen-bond acceptors (Lipinski definition) is 3. The van der Waals surface area contributed by atoms with Gasteiger partial charge in [0.05, 0.1) is 24.8 Å². The lowest BCUT2D eigenvalue weighted by molar-refractivity contribution is -0.133. The van der Waals surface area contributed by atoms with Gasteiger partial charge in [0.25, 0.3) is 0 Å². The molecular formula is C9H17NO4. The van der Waals surface area contributed by atoms with E-state index in [0.717, 1.165) is 0 Å². The zero-order valence-corrected chi connectivity index (χ0v) is 8.56. The molecule has 14 heavy (non-hydrogen) atoms. The van der Waals surface area contributed by atoms with Crippen LogP contribution in [0.25, 0.3) is 0 Å². The van der Waals surface area contributed by atoms with Gasteiger partial charge in [0.2, 0.25) is 0 Å². The number of aliphatic hydroxyl groups excluding tert-OH is 1. The van der Waals surface area contributed by atoms with Gasteiger partial charge >= 0.3 is 6.09 Å².